The van der Waals surface area contributed by atoms with Crippen LogP contribution in [0.4, 0.5) is 17.5 Å². The first-order chi connectivity index (χ1) is 12.0. The summed E-state index contributed by atoms with van der Waals surface area (Å²) in [4.78, 5) is 22.8. The summed E-state index contributed by atoms with van der Waals surface area (Å²) in [6.07, 6.45) is 1.60. The SMILES string of the molecule is COc1ccc(C)cc1NC(=O)C1CCCN1c1cc(Cl)nc(N)n1. The Hall–Kier alpha value is -2.54. The van der Waals surface area contributed by atoms with E-state index in [1.807, 2.05) is 30.0 Å². The van der Waals surface area contributed by atoms with Crippen LogP contribution in [0.25, 0.3) is 0 Å². The van der Waals surface area contributed by atoms with E-state index in [2.05, 4.69) is 15.3 Å². The maximum absolute atomic E-state index is 12.8. The molecule has 1 atom stereocenters. The molecule has 1 unspecified atom stereocenters. The lowest BCUT2D eigenvalue weighted by Gasteiger charge is -2.25. The number of nitrogen functional groups attached to an aromatic ring is 1. The number of hydrogen-bond acceptors (Lipinski definition) is 6. The molecule has 2 aromatic rings. The summed E-state index contributed by atoms with van der Waals surface area (Å²) < 4.78 is 5.32. The van der Waals surface area contributed by atoms with Gasteiger partial charge in [0.05, 0.1) is 12.8 Å². The highest BCUT2D eigenvalue weighted by Crippen LogP contribution is 2.29. The zero-order chi connectivity index (χ0) is 18.0. The van der Waals surface area contributed by atoms with Crippen LogP contribution in [0.3, 0.4) is 0 Å². The first kappa shape index (κ1) is 17.3. The zero-order valence-corrected chi connectivity index (χ0v) is 14.9. The molecule has 1 saturated heterocycles. The quantitative estimate of drug-likeness (QED) is 0.813. The van der Waals surface area contributed by atoms with E-state index in [0.29, 0.717) is 23.8 Å². The highest BCUT2D eigenvalue weighted by atomic mass is 35.5. The normalized spacial score (nSPS) is 16.8. The molecule has 1 aliphatic rings. The number of aromatic nitrogens is 2. The van der Waals surface area contributed by atoms with Gasteiger partial charge in [-0.05, 0) is 37.5 Å². The second kappa shape index (κ2) is 7.14. The van der Waals surface area contributed by atoms with Gasteiger partial charge in [-0.25, -0.2) is 4.98 Å². The van der Waals surface area contributed by atoms with Crippen molar-refractivity contribution >= 4 is 35.0 Å². The Morgan fingerprint density at radius 1 is 1.40 bits per heavy atom. The number of benzene rings is 1. The Labute approximate surface area is 151 Å². The standard InChI is InChI=1S/C17H20ClN5O2/c1-10-5-6-13(25-2)11(8-10)20-16(24)12-4-3-7-23(12)15-9-14(18)21-17(19)22-15/h5-6,8-9,12H,3-4,7H2,1-2H3,(H,20,24)(H2,19,21,22). The Kier molecular flexibility index (Phi) is 4.94. The molecule has 1 aliphatic heterocycles. The number of ether oxygens (including phenoxy) is 1. The number of aryl methyl sites for hydroxylation is 1. The molecule has 132 valence electrons. The van der Waals surface area contributed by atoms with Crippen molar-refractivity contribution in [3.63, 3.8) is 0 Å². The van der Waals surface area contributed by atoms with Crippen LogP contribution in [0.15, 0.2) is 24.3 Å². The minimum atomic E-state index is -0.351. The van der Waals surface area contributed by atoms with Crippen molar-refractivity contribution in [1.82, 2.24) is 9.97 Å². The average Bonchev–Trinajstić information content (AvgIpc) is 3.04. The average molecular weight is 362 g/mol. The van der Waals surface area contributed by atoms with Crippen molar-refractivity contribution in [3.8, 4) is 5.75 Å². The Morgan fingerprint density at radius 2 is 2.20 bits per heavy atom. The molecule has 1 amide bonds. The van der Waals surface area contributed by atoms with Gasteiger partial charge in [-0.2, -0.15) is 4.98 Å². The van der Waals surface area contributed by atoms with E-state index < -0.39 is 0 Å². The fraction of sp³-hybridized carbons (Fsp3) is 0.353. The fourth-order valence-corrected chi connectivity index (χ4v) is 3.20. The second-order valence-electron chi connectivity index (χ2n) is 5.95. The van der Waals surface area contributed by atoms with Crippen LogP contribution in [-0.4, -0.2) is 35.6 Å². The topological polar surface area (TPSA) is 93.4 Å². The van der Waals surface area contributed by atoms with Gasteiger partial charge in [0, 0.05) is 12.6 Å². The summed E-state index contributed by atoms with van der Waals surface area (Å²) in [5, 5.41) is 3.22. The highest BCUT2D eigenvalue weighted by molar-refractivity contribution is 6.29. The van der Waals surface area contributed by atoms with Gasteiger partial charge in [0.1, 0.15) is 22.8 Å². The summed E-state index contributed by atoms with van der Waals surface area (Å²) in [5.74, 6) is 1.16. The van der Waals surface area contributed by atoms with Crippen molar-refractivity contribution in [2.45, 2.75) is 25.8 Å². The van der Waals surface area contributed by atoms with Crippen molar-refractivity contribution < 1.29 is 9.53 Å². The van der Waals surface area contributed by atoms with Crippen molar-refractivity contribution in [2.75, 3.05) is 29.6 Å². The van der Waals surface area contributed by atoms with Crippen LogP contribution in [0.2, 0.25) is 5.15 Å². The lowest BCUT2D eigenvalue weighted by atomic mass is 10.1. The molecule has 1 aromatic heterocycles. The molecule has 0 radical (unpaired) electrons. The van der Waals surface area contributed by atoms with Gasteiger partial charge in [-0.1, -0.05) is 17.7 Å². The first-order valence-electron chi connectivity index (χ1n) is 8.00. The molecular formula is C17H20ClN5O2. The number of nitrogens with two attached hydrogens (primary N) is 1. The summed E-state index contributed by atoms with van der Waals surface area (Å²) in [6, 6.07) is 6.92. The molecule has 0 spiro atoms. The smallest absolute Gasteiger partial charge is 0.247 e. The molecule has 25 heavy (non-hydrogen) atoms. The van der Waals surface area contributed by atoms with Gasteiger partial charge in [0.25, 0.3) is 0 Å². The summed E-state index contributed by atoms with van der Waals surface area (Å²) in [7, 11) is 1.58. The molecule has 2 heterocycles. The van der Waals surface area contributed by atoms with Gasteiger partial charge in [0.15, 0.2) is 0 Å². The number of halogens is 1. The summed E-state index contributed by atoms with van der Waals surface area (Å²) in [6.45, 7) is 2.67. The number of carbonyl (C=O) groups excluding carboxylic acids is 1. The van der Waals surface area contributed by atoms with Crippen molar-refractivity contribution in [1.29, 1.82) is 0 Å². The predicted molar refractivity (Wildman–Crippen MR) is 98.2 cm³/mol. The lowest BCUT2D eigenvalue weighted by molar-refractivity contribution is -0.117. The lowest BCUT2D eigenvalue weighted by Crippen LogP contribution is -2.40. The summed E-state index contributed by atoms with van der Waals surface area (Å²) in [5.41, 5.74) is 7.37. The zero-order valence-electron chi connectivity index (χ0n) is 14.1. The van der Waals surface area contributed by atoms with E-state index in [9.17, 15) is 4.79 Å². The van der Waals surface area contributed by atoms with E-state index in [1.165, 1.54) is 0 Å². The molecule has 0 saturated carbocycles. The third-order valence-corrected chi connectivity index (χ3v) is 4.35. The van der Waals surface area contributed by atoms with Crippen LogP contribution in [0.1, 0.15) is 18.4 Å². The number of amides is 1. The molecular weight excluding hydrogens is 342 g/mol. The summed E-state index contributed by atoms with van der Waals surface area (Å²) >= 11 is 5.97. The van der Waals surface area contributed by atoms with Crippen molar-refractivity contribution in [2.24, 2.45) is 0 Å². The Bertz CT molecular complexity index is 778. The predicted octanol–water partition coefficient (Wildman–Crippen LogP) is 2.64. The van der Waals surface area contributed by atoms with E-state index in [1.54, 1.807) is 13.2 Å². The van der Waals surface area contributed by atoms with Crippen LogP contribution >= 0.6 is 11.6 Å². The van der Waals surface area contributed by atoms with Gasteiger partial charge in [0.2, 0.25) is 11.9 Å². The van der Waals surface area contributed by atoms with E-state index in [4.69, 9.17) is 22.1 Å². The van der Waals surface area contributed by atoms with Crippen LogP contribution in [-0.2, 0) is 4.79 Å². The second-order valence-corrected chi connectivity index (χ2v) is 6.34. The van der Waals surface area contributed by atoms with E-state index in [0.717, 1.165) is 18.4 Å². The number of rotatable bonds is 4. The van der Waals surface area contributed by atoms with E-state index >= 15 is 0 Å². The van der Waals surface area contributed by atoms with Crippen LogP contribution in [0.5, 0.6) is 5.75 Å². The van der Waals surface area contributed by atoms with Crippen LogP contribution < -0.4 is 20.7 Å². The minimum absolute atomic E-state index is 0.0916. The van der Waals surface area contributed by atoms with Gasteiger partial charge < -0.3 is 20.7 Å². The molecule has 8 heteroatoms. The fourth-order valence-electron chi connectivity index (χ4n) is 3.02. The van der Waals surface area contributed by atoms with E-state index in [-0.39, 0.29) is 23.1 Å². The van der Waals surface area contributed by atoms with Gasteiger partial charge in [-0.3, -0.25) is 4.79 Å². The first-order valence-corrected chi connectivity index (χ1v) is 8.38. The third-order valence-electron chi connectivity index (χ3n) is 4.16. The molecule has 0 bridgehead atoms. The largest absolute Gasteiger partial charge is 0.495 e. The van der Waals surface area contributed by atoms with Crippen molar-refractivity contribution in [3.05, 3.63) is 35.0 Å². The number of hydrogen-bond donors (Lipinski definition) is 2. The number of nitrogens with zero attached hydrogens (tertiary/aromatic N) is 3. The number of nitrogens with one attached hydrogen (secondary N) is 1. The minimum Gasteiger partial charge on any atom is -0.495 e. The Balaban J connectivity index is 1.83. The molecule has 0 aliphatic carbocycles. The number of methoxy groups -OCH3 is 1. The maximum Gasteiger partial charge on any atom is 0.247 e. The maximum atomic E-state index is 12.8. The number of carbonyl (C=O) groups is 1. The molecule has 1 aromatic carbocycles. The number of anilines is 3. The molecule has 7 nitrogen and oxygen atoms in total. The van der Waals surface area contributed by atoms with Gasteiger partial charge in [-0.15, -0.1) is 0 Å². The third kappa shape index (κ3) is 3.76. The van der Waals surface area contributed by atoms with Crippen LogP contribution in [0, 0.1) is 6.92 Å². The monoisotopic (exact) mass is 361 g/mol. The highest BCUT2D eigenvalue weighted by Gasteiger charge is 2.32. The molecule has 3 N–H and O–H groups in total. The molecule has 1 fully saturated rings. The van der Waals surface area contributed by atoms with Gasteiger partial charge >= 0.3 is 0 Å². The Morgan fingerprint density at radius 3 is 2.92 bits per heavy atom. The molecule has 3 rings (SSSR count).